The van der Waals surface area contributed by atoms with Crippen LogP contribution in [-0.2, 0) is 5.41 Å². The van der Waals surface area contributed by atoms with Crippen molar-refractivity contribution >= 4 is 23.8 Å². The fourth-order valence-corrected chi connectivity index (χ4v) is 1.83. The molecule has 1 aromatic heterocycles. The Labute approximate surface area is 127 Å². The first-order valence-electron chi connectivity index (χ1n) is 6.38. The Morgan fingerprint density at radius 2 is 2.10 bits per heavy atom. The second-order valence-corrected chi connectivity index (χ2v) is 5.96. The van der Waals surface area contributed by atoms with Gasteiger partial charge in [0, 0.05) is 10.4 Å². The highest BCUT2D eigenvalue weighted by Gasteiger charge is 2.20. The predicted octanol–water partition coefficient (Wildman–Crippen LogP) is 2.56. The van der Waals surface area contributed by atoms with Crippen LogP contribution in [0.1, 0.15) is 32.0 Å². The molecule has 0 bridgehead atoms. The van der Waals surface area contributed by atoms with Crippen LogP contribution < -0.4 is 11.0 Å². The lowest BCUT2D eigenvalue weighted by atomic mass is 9.93. The van der Waals surface area contributed by atoms with Gasteiger partial charge in [-0.3, -0.25) is 9.78 Å². The number of H-pyrrole nitrogens is 1. The first-order chi connectivity index (χ1) is 9.86. The molecular weight excluding hydrogens is 290 g/mol. The van der Waals surface area contributed by atoms with Gasteiger partial charge in [-0.25, -0.2) is 5.43 Å². The average molecular weight is 306 g/mol. The van der Waals surface area contributed by atoms with Gasteiger partial charge in [-0.05, 0) is 17.7 Å². The Balaban J connectivity index is 2.11. The Kier molecular flexibility index (Phi) is 4.37. The molecule has 0 radical (unpaired) electrons. The molecule has 0 fully saturated rings. The molecule has 0 atom stereocenters. The second kappa shape index (κ2) is 6.05. The maximum absolute atomic E-state index is 11.9. The lowest BCUT2D eigenvalue weighted by Gasteiger charge is -2.15. The fourth-order valence-electron chi connectivity index (χ4n) is 1.63. The molecule has 1 aromatic carbocycles. The minimum absolute atomic E-state index is 0.186. The number of hydrogen-bond acceptors (Lipinski definition) is 5. The molecule has 0 amide bonds. The van der Waals surface area contributed by atoms with Crippen LogP contribution in [0.5, 0.6) is 0 Å². The summed E-state index contributed by atoms with van der Waals surface area (Å²) in [6.45, 7) is 5.70. The fraction of sp³-hybridized carbons (Fsp3) is 0.286. The molecule has 110 valence electrons. The van der Waals surface area contributed by atoms with Gasteiger partial charge in [0.2, 0.25) is 5.95 Å². The van der Waals surface area contributed by atoms with Crippen molar-refractivity contribution in [2.24, 2.45) is 5.10 Å². The van der Waals surface area contributed by atoms with Crippen LogP contribution in [0.15, 0.2) is 34.2 Å². The lowest BCUT2D eigenvalue weighted by Crippen LogP contribution is -2.28. The highest BCUT2D eigenvalue weighted by atomic mass is 35.5. The van der Waals surface area contributed by atoms with Gasteiger partial charge in [0.05, 0.1) is 6.21 Å². The molecule has 6 nitrogen and oxygen atoms in total. The first kappa shape index (κ1) is 15.2. The molecule has 21 heavy (non-hydrogen) atoms. The van der Waals surface area contributed by atoms with E-state index >= 15 is 0 Å². The van der Waals surface area contributed by atoms with Crippen molar-refractivity contribution in [1.29, 1.82) is 0 Å². The van der Waals surface area contributed by atoms with E-state index in [0.29, 0.717) is 10.7 Å². The Morgan fingerprint density at radius 1 is 1.33 bits per heavy atom. The summed E-state index contributed by atoms with van der Waals surface area (Å²) in [6, 6.07) is 7.22. The molecular formula is C14H16ClN5O. The number of hydrogen-bond donors (Lipinski definition) is 2. The van der Waals surface area contributed by atoms with Crippen molar-refractivity contribution in [2.75, 3.05) is 5.43 Å². The summed E-state index contributed by atoms with van der Waals surface area (Å²) >= 11 is 5.87. The number of halogens is 1. The normalized spacial score (nSPS) is 11.8. The van der Waals surface area contributed by atoms with Crippen molar-refractivity contribution < 1.29 is 0 Å². The number of hydrazone groups is 1. The monoisotopic (exact) mass is 305 g/mol. The topological polar surface area (TPSA) is 83.0 Å². The Morgan fingerprint density at radius 3 is 2.71 bits per heavy atom. The van der Waals surface area contributed by atoms with Gasteiger partial charge >= 0.3 is 0 Å². The van der Waals surface area contributed by atoms with Gasteiger partial charge in [0.1, 0.15) is 5.69 Å². The van der Waals surface area contributed by atoms with E-state index in [9.17, 15) is 4.79 Å². The number of nitrogens with one attached hydrogen (secondary N) is 2. The molecule has 0 aliphatic heterocycles. The molecule has 0 aliphatic carbocycles. The van der Waals surface area contributed by atoms with E-state index in [4.69, 9.17) is 11.6 Å². The molecule has 7 heteroatoms. The van der Waals surface area contributed by atoms with Crippen LogP contribution in [-0.4, -0.2) is 21.4 Å². The first-order valence-corrected chi connectivity index (χ1v) is 6.76. The van der Waals surface area contributed by atoms with E-state index in [1.165, 1.54) is 0 Å². The van der Waals surface area contributed by atoms with Crippen LogP contribution in [0.4, 0.5) is 5.95 Å². The van der Waals surface area contributed by atoms with E-state index in [2.05, 4.69) is 25.7 Å². The maximum atomic E-state index is 11.9. The van der Waals surface area contributed by atoms with Gasteiger partial charge in [0.25, 0.3) is 5.56 Å². The molecule has 2 N–H and O–H groups in total. The summed E-state index contributed by atoms with van der Waals surface area (Å²) in [4.78, 5) is 14.5. The van der Waals surface area contributed by atoms with Crippen LogP contribution in [0, 0.1) is 0 Å². The van der Waals surface area contributed by atoms with Crippen molar-refractivity contribution in [1.82, 2.24) is 15.2 Å². The third-order valence-corrected chi connectivity index (χ3v) is 2.88. The zero-order chi connectivity index (χ0) is 15.5. The van der Waals surface area contributed by atoms with E-state index in [-0.39, 0.29) is 16.9 Å². The average Bonchev–Trinajstić information content (AvgIpc) is 2.37. The molecule has 1 heterocycles. The molecule has 0 saturated heterocycles. The molecule has 0 aliphatic rings. The second-order valence-electron chi connectivity index (χ2n) is 5.53. The molecule has 0 unspecified atom stereocenters. The number of benzene rings is 1. The minimum Gasteiger partial charge on any atom is -0.288 e. The third-order valence-electron chi connectivity index (χ3n) is 2.64. The number of anilines is 1. The number of aromatic amines is 1. The zero-order valence-electron chi connectivity index (χ0n) is 12.0. The maximum Gasteiger partial charge on any atom is 0.274 e. The number of rotatable bonds is 3. The van der Waals surface area contributed by atoms with E-state index in [1.807, 2.05) is 32.9 Å². The van der Waals surface area contributed by atoms with Gasteiger partial charge in [0.15, 0.2) is 0 Å². The molecule has 0 saturated carbocycles. The largest absolute Gasteiger partial charge is 0.288 e. The van der Waals surface area contributed by atoms with Gasteiger partial charge in [-0.15, -0.1) is 10.2 Å². The zero-order valence-corrected chi connectivity index (χ0v) is 12.8. The van der Waals surface area contributed by atoms with Crippen LogP contribution in [0.2, 0.25) is 5.02 Å². The molecule has 0 spiro atoms. The summed E-state index contributed by atoms with van der Waals surface area (Å²) < 4.78 is 0. The highest BCUT2D eigenvalue weighted by molar-refractivity contribution is 6.30. The minimum atomic E-state index is -0.358. The van der Waals surface area contributed by atoms with Crippen LogP contribution in [0.25, 0.3) is 0 Å². The summed E-state index contributed by atoms with van der Waals surface area (Å²) in [7, 11) is 0. The van der Waals surface area contributed by atoms with E-state index in [0.717, 1.165) is 5.56 Å². The van der Waals surface area contributed by atoms with Crippen molar-refractivity contribution in [2.45, 2.75) is 26.2 Å². The van der Waals surface area contributed by atoms with Crippen molar-refractivity contribution in [3.63, 3.8) is 0 Å². The smallest absolute Gasteiger partial charge is 0.274 e. The molecule has 2 aromatic rings. The number of aromatic nitrogens is 3. The summed E-state index contributed by atoms with van der Waals surface area (Å²) in [5.41, 5.74) is 3.20. The van der Waals surface area contributed by atoms with Crippen molar-refractivity contribution in [3.8, 4) is 0 Å². The summed E-state index contributed by atoms with van der Waals surface area (Å²) in [5.74, 6) is 0.186. The molecule has 2 rings (SSSR count). The third kappa shape index (κ3) is 4.13. The Hall–Kier alpha value is -2.21. The highest BCUT2D eigenvalue weighted by Crippen LogP contribution is 2.15. The predicted molar refractivity (Wildman–Crippen MR) is 84.0 cm³/mol. The SMILES string of the molecule is CC(C)(C)c1nnc(N/N=C/c2cccc(Cl)c2)[nH]c1=O. The van der Waals surface area contributed by atoms with Gasteiger partial charge in [-0.1, -0.05) is 44.5 Å². The van der Waals surface area contributed by atoms with E-state index in [1.54, 1.807) is 18.3 Å². The van der Waals surface area contributed by atoms with Crippen molar-refractivity contribution in [3.05, 3.63) is 50.9 Å². The summed E-state index contributed by atoms with van der Waals surface area (Å²) in [6.07, 6.45) is 1.57. The van der Waals surface area contributed by atoms with Crippen LogP contribution >= 0.6 is 11.6 Å². The van der Waals surface area contributed by atoms with E-state index < -0.39 is 0 Å². The van der Waals surface area contributed by atoms with Gasteiger partial charge < -0.3 is 0 Å². The number of nitrogens with zero attached hydrogens (tertiary/aromatic N) is 3. The van der Waals surface area contributed by atoms with Gasteiger partial charge in [-0.2, -0.15) is 5.10 Å². The quantitative estimate of drug-likeness (QED) is 0.674. The van der Waals surface area contributed by atoms with Crippen LogP contribution in [0.3, 0.4) is 0 Å². The Bertz CT molecular complexity index is 718. The lowest BCUT2D eigenvalue weighted by molar-refractivity contribution is 0.547. The standard InChI is InChI=1S/C14H16ClN5O/c1-14(2,3)11-12(21)17-13(20-18-11)19-16-8-9-5-4-6-10(15)7-9/h4-8H,1-3H3,(H2,17,19,20,21)/b16-8+. The summed E-state index contributed by atoms with van der Waals surface area (Å²) in [5, 5.41) is 12.4.